The fraction of sp³-hybridized carbons (Fsp3) is 0.364. The molecule has 112 valence electrons. The summed E-state index contributed by atoms with van der Waals surface area (Å²) in [5.41, 5.74) is 0. The van der Waals surface area contributed by atoms with Crippen molar-refractivity contribution in [3.8, 4) is 5.75 Å². The lowest BCUT2D eigenvalue weighted by atomic mass is 10.3. The van der Waals surface area contributed by atoms with Gasteiger partial charge in [0.15, 0.2) is 6.61 Å². The van der Waals surface area contributed by atoms with Crippen molar-refractivity contribution >= 4 is 16.0 Å². The maximum atomic E-state index is 12.2. The van der Waals surface area contributed by atoms with Crippen LogP contribution in [0, 0.1) is 0 Å². The molecule has 0 fully saturated rings. The molecule has 1 N–H and O–H groups in total. The van der Waals surface area contributed by atoms with Gasteiger partial charge in [-0.05, 0) is 24.3 Å². The van der Waals surface area contributed by atoms with E-state index in [1.807, 2.05) is 0 Å². The highest BCUT2D eigenvalue weighted by atomic mass is 32.2. The molecular weight excluding hydrogens is 296 g/mol. The topological polar surface area (TPSA) is 83.9 Å². The summed E-state index contributed by atoms with van der Waals surface area (Å²) in [6, 6.07) is 4.83. The summed E-state index contributed by atoms with van der Waals surface area (Å²) in [6.45, 7) is -1.46. The van der Waals surface area contributed by atoms with Crippen LogP contribution < -0.4 is 4.74 Å². The lowest BCUT2D eigenvalue weighted by molar-refractivity contribution is -0.139. The van der Waals surface area contributed by atoms with Crippen molar-refractivity contribution in [2.45, 2.75) is 11.3 Å². The number of carboxylic acid groups (broad SMARTS) is 1. The number of carboxylic acids is 1. The Hall–Kier alpha value is -1.74. The van der Waals surface area contributed by atoms with Crippen molar-refractivity contribution in [3.05, 3.63) is 24.3 Å². The molecule has 0 amide bonds. The van der Waals surface area contributed by atoms with E-state index in [4.69, 9.17) is 9.84 Å². The van der Waals surface area contributed by atoms with Crippen molar-refractivity contribution in [1.29, 1.82) is 0 Å². The smallest absolute Gasteiger partial charge is 0.341 e. The summed E-state index contributed by atoms with van der Waals surface area (Å²) in [5.74, 6) is -0.999. The van der Waals surface area contributed by atoms with Gasteiger partial charge >= 0.3 is 5.97 Å². The van der Waals surface area contributed by atoms with Gasteiger partial charge in [-0.15, -0.1) is 0 Å². The zero-order valence-electron chi connectivity index (χ0n) is 10.5. The van der Waals surface area contributed by atoms with Crippen LogP contribution in [-0.2, 0) is 14.8 Å². The Morgan fingerprint density at radius 3 is 2.35 bits per heavy atom. The standard InChI is InChI=1S/C11H13F2NO5S/c1-14(6-10(12)13)20(17,18)9-4-2-8(3-5-9)19-7-11(15)16/h2-5,10H,6-7H2,1H3,(H,15,16). The van der Waals surface area contributed by atoms with Gasteiger partial charge in [0.05, 0.1) is 11.4 Å². The van der Waals surface area contributed by atoms with Gasteiger partial charge in [-0.25, -0.2) is 22.0 Å². The Labute approximate surface area is 114 Å². The number of benzene rings is 1. The molecular formula is C11H13F2NO5S. The molecule has 20 heavy (non-hydrogen) atoms. The number of ether oxygens (including phenoxy) is 1. The van der Waals surface area contributed by atoms with Crippen molar-refractivity contribution in [2.24, 2.45) is 0 Å². The van der Waals surface area contributed by atoms with Gasteiger partial charge in [0.25, 0.3) is 6.43 Å². The zero-order valence-corrected chi connectivity index (χ0v) is 11.3. The number of aliphatic carboxylic acids is 1. The maximum Gasteiger partial charge on any atom is 0.341 e. The van der Waals surface area contributed by atoms with Crippen LogP contribution in [0.2, 0.25) is 0 Å². The number of carbonyl (C=O) groups is 1. The van der Waals surface area contributed by atoms with E-state index in [0.29, 0.717) is 4.31 Å². The van der Waals surface area contributed by atoms with E-state index in [1.54, 1.807) is 0 Å². The Morgan fingerprint density at radius 2 is 1.90 bits per heavy atom. The first-order chi connectivity index (χ1) is 9.23. The van der Waals surface area contributed by atoms with Crippen LogP contribution in [0.5, 0.6) is 5.75 Å². The van der Waals surface area contributed by atoms with E-state index >= 15 is 0 Å². The summed E-state index contributed by atoms with van der Waals surface area (Å²) >= 11 is 0. The molecule has 6 nitrogen and oxygen atoms in total. The van der Waals surface area contributed by atoms with Gasteiger partial charge in [-0.1, -0.05) is 0 Å². The molecule has 0 atom stereocenters. The van der Waals surface area contributed by atoms with E-state index in [-0.39, 0.29) is 10.6 Å². The van der Waals surface area contributed by atoms with Crippen LogP contribution in [0.25, 0.3) is 0 Å². The van der Waals surface area contributed by atoms with Gasteiger partial charge in [0.2, 0.25) is 10.0 Å². The third kappa shape index (κ3) is 4.42. The van der Waals surface area contributed by atoms with Crippen molar-refractivity contribution < 1.29 is 31.8 Å². The van der Waals surface area contributed by atoms with Crippen molar-refractivity contribution in [1.82, 2.24) is 4.31 Å². The van der Waals surface area contributed by atoms with Gasteiger partial charge in [-0.3, -0.25) is 0 Å². The number of sulfonamides is 1. The highest BCUT2D eigenvalue weighted by molar-refractivity contribution is 7.89. The van der Waals surface area contributed by atoms with E-state index in [2.05, 4.69) is 0 Å². The summed E-state index contributed by atoms with van der Waals surface area (Å²) in [7, 11) is -2.95. The molecule has 0 aliphatic heterocycles. The van der Waals surface area contributed by atoms with Gasteiger partial charge in [-0.2, -0.15) is 4.31 Å². The third-order valence-electron chi connectivity index (χ3n) is 2.29. The molecule has 0 aromatic heterocycles. The van der Waals surface area contributed by atoms with Gasteiger partial charge in [0, 0.05) is 7.05 Å². The number of alkyl halides is 2. The number of rotatable bonds is 7. The predicted octanol–water partition coefficient (Wildman–Crippen LogP) is 1.04. The molecule has 0 saturated carbocycles. The number of hydrogen-bond donors (Lipinski definition) is 1. The molecule has 0 spiro atoms. The Kier molecular flexibility index (Phi) is 5.40. The van der Waals surface area contributed by atoms with Gasteiger partial charge < -0.3 is 9.84 Å². The van der Waals surface area contributed by atoms with Crippen LogP contribution in [0.15, 0.2) is 29.2 Å². The van der Waals surface area contributed by atoms with Crippen LogP contribution in [-0.4, -0.2) is 50.4 Å². The minimum absolute atomic E-state index is 0.169. The number of hydrogen-bond acceptors (Lipinski definition) is 4. The monoisotopic (exact) mass is 309 g/mol. The molecule has 0 unspecified atom stereocenters. The quantitative estimate of drug-likeness (QED) is 0.813. The average molecular weight is 309 g/mol. The predicted molar refractivity (Wildman–Crippen MR) is 65.4 cm³/mol. The molecule has 0 aliphatic rings. The molecule has 0 saturated heterocycles. The van der Waals surface area contributed by atoms with Gasteiger partial charge in [0.1, 0.15) is 5.75 Å². The lowest BCUT2D eigenvalue weighted by Gasteiger charge is -2.16. The van der Waals surface area contributed by atoms with Crippen LogP contribution >= 0.6 is 0 Å². The summed E-state index contributed by atoms with van der Waals surface area (Å²) < 4.78 is 53.6. The zero-order chi connectivity index (χ0) is 15.3. The minimum atomic E-state index is -4.00. The highest BCUT2D eigenvalue weighted by Crippen LogP contribution is 2.19. The molecule has 0 aliphatic carbocycles. The minimum Gasteiger partial charge on any atom is -0.482 e. The third-order valence-corrected chi connectivity index (χ3v) is 4.13. The molecule has 1 rings (SSSR count). The second-order valence-corrected chi connectivity index (χ2v) is 5.88. The van der Waals surface area contributed by atoms with E-state index < -0.39 is 35.6 Å². The molecule has 1 aromatic rings. The average Bonchev–Trinajstić information content (AvgIpc) is 2.36. The van der Waals surface area contributed by atoms with E-state index in [0.717, 1.165) is 19.2 Å². The van der Waals surface area contributed by atoms with Crippen molar-refractivity contribution in [3.63, 3.8) is 0 Å². The summed E-state index contributed by atoms with van der Waals surface area (Å²) in [5, 5.41) is 8.42. The van der Waals surface area contributed by atoms with Crippen LogP contribution in [0.4, 0.5) is 8.78 Å². The Bertz CT molecular complexity index is 559. The van der Waals surface area contributed by atoms with Crippen LogP contribution in [0.3, 0.4) is 0 Å². The molecule has 0 bridgehead atoms. The first kappa shape index (κ1) is 16.3. The lowest BCUT2D eigenvalue weighted by Crippen LogP contribution is -2.31. The number of nitrogens with zero attached hydrogens (tertiary/aromatic N) is 1. The second-order valence-electron chi connectivity index (χ2n) is 3.83. The largest absolute Gasteiger partial charge is 0.482 e. The van der Waals surface area contributed by atoms with E-state index in [1.165, 1.54) is 12.1 Å². The Morgan fingerprint density at radius 1 is 1.35 bits per heavy atom. The van der Waals surface area contributed by atoms with Crippen molar-refractivity contribution in [2.75, 3.05) is 20.2 Å². The normalized spacial score (nSPS) is 11.8. The second kappa shape index (κ2) is 6.62. The molecule has 0 radical (unpaired) electrons. The fourth-order valence-corrected chi connectivity index (χ4v) is 2.47. The van der Waals surface area contributed by atoms with Crippen LogP contribution in [0.1, 0.15) is 0 Å². The maximum absolute atomic E-state index is 12.2. The molecule has 1 aromatic carbocycles. The molecule has 0 heterocycles. The summed E-state index contributed by atoms with van der Waals surface area (Å²) in [4.78, 5) is 10.1. The number of halogens is 2. The first-order valence-electron chi connectivity index (χ1n) is 5.42. The SMILES string of the molecule is CN(CC(F)F)S(=O)(=O)c1ccc(OCC(=O)O)cc1. The first-order valence-corrected chi connectivity index (χ1v) is 6.86. The van der Waals surface area contributed by atoms with E-state index in [9.17, 15) is 22.0 Å². The Balaban J connectivity index is 2.84. The summed E-state index contributed by atoms with van der Waals surface area (Å²) in [6.07, 6.45) is -2.77. The fourth-order valence-electron chi connectivity index (χ4n) is 1.33. The molecule has 9 heteroatoms. The highest BCUT2D eigenvalue weighted by Gasteiger charge is 2.23.